The summed E-state index contributed by atoms with van der Waals surface area (Å²) in [6, 6.07) is 15.8. The molecule has 0 amide bonds. The highest BCUT2D eigenvalue weighted by molar-refractivity contribution is 5.86. The van der Waals surface area contributed by atoms with Gasteiger partial charge in [0.1, 0.15) is 0 Å². The molecule has 0 heterocycles. The van der Waals surface area contributed by atoms with E-state index in [1.807, 2.05) is 0 Å². The number of benzene rings is 2. The summed E-state index contributed by atoms with van der Waals surface area (Å²) in [6.45, 7) is 10.1. The zero-order chi connectivity index (χ0) is 13.8. The Hall–Kier alpha value is -1.34. The Morgan fingerprint density at radius 3 is 2.32 bits per heavy atom. The predicted molar refractivity (Wildman–Crippen MR) is 84.4 cm³/mol. The fourth-order valence-corrected chi connectivity index (χ4v) is 2.71. The summed E-state index contributed by atoms with van der Waals surface area (Å²) < 4.78 is 0. The van der Waals surface area contributed by atoms with Gasteiger partial charge in [0.05, 0.1) is 0 Å². The lowest BCUT2D eigenvalue weighted by atomic mass is 9.84. The van der Waals surface area contributed by atoms with Crippen LogP contribution in [-0.4, -0.2) is 6.54 Å². The molecule has 2 rings (SSSR count). The molecule has 1 N–H and O–H groups in total. The van der Waals surface area contributed by atoms with Gasteiger partial charge in [-0.2, -0.15) is 0 Å². The second-order valence-corrected chi connectivity index (χ2v) is 5.71. The van der Waals surface area contributed by atoms with Gasteiger partial charge in [0, 0.05) is 6.04 Å². The molecule has 0 radical (unpaired) electrons. The largest absolute Gasteiger partial charge is 0.310 e. The fourth-order valence-electron chi connectivity index (χ4n) is 2.71. The van der Waals surface area contributed by atoms with Crippen molar-refractivity contribution in [2.75, 3.05) is 6.54 Å². The van der Waals surface area contributed by atoms with E-state index in [1.54, 1.807) is 0 Å². The molecule has 1 nitrogen and oxygen atoms in total. The zero-order valence-corrected chi connectivity index (χ0v) is 12.5. The van der Waals surface area contributed by atoms with Crippen molar-refractivity contribution in [1.29, 1.82) is 0 Å². The van der Waals surface area contributed by atoms with E-state index in [4.69, 9.17) is 0 Å². The standard InChI is InChI=1S/C18H25N/c1-5-19-18(14(4)13(2)3)17-12-8-10-15-9-6-7-11-16(15)17/h6-14,18-19H,5H2,1-4H3. The molecule has 0 bridgehead atoms. The van der Waals surface area contributed by atoms with Gasteiger partial charge in [-0.25, -0.2) is 0 Å². The van der Waals surface area contributed by atoms with Gasteiger partial charge in [0.25, 0.3) is 0 Å². The first kappa shape index (κ1) is 14.1. The van der Waals surface area contributed by atoms with Crippen LogP contribution in [0.2, 0.25) is 0 Å². The van der Waals surface area contributed by atoms with Crippen LogP contribution >= 0.6 is 0 Å². The van der Waals surface area contributed by atoms with Gasteiger partial charge < -0.3 is 5.32 Å². The van der Waals surface area contributed by atoms with Crippen LogP contribution in [0.1, 0.15) is 39.3 Å². The van der Waals surface area contributed by atoms with Crippen LogP contribution in [0.15, 0.2) is 42.5 Å². The van der Waals surface area contributed by atoms with Crippen LogP contribution < -0.4 is 5.32 Å². The van der Waals surface area contributed by atoms with Crippen molar-refractivity contribution in [1.82, 2.24) is 5.32 Å². The Morgan fingerprint density at radius 2 is 1.63 bits per heavy atom. The number of fused-ring (bicyclic) bond motifs is 1. The summed E-state index contributed by atoms with van der Waals surface area (Å²) in [7, 11) is 0. The lowest BCUT2D eigenvalue weighted by Gasteiger charge is -2.29. The second-order valence-electron chi connectivity index (χ2n) is 5.71. The number of rotatable bonds is 5. The lowest BCUT2D eigenvalue weighted by molar-refractivity contribution is 0.309. The monoisotopic (exact) mass is 255 g/mol. The molecular formula is C18H25N. The van der Waals surface area contributed by atoms with Crippen molar-refractivity contribution < 1.29 is 0 Å². The molecule has 0 saturated carbocycles. The molecule has 0 aliphatic rings. The molecule has 0 aliphatic carbocycles. The minimum absolute atomic E-state index is 0.427. The number of hydrogen-bond acceptors (Lipinski definition) is 1. The van der Waals surface area contributed by atoms with E-state index in [0.29, 0.717) is 17.9 Å². The summed E-state index contributed by atoms with van der Waals surface area (Å²) in [4.78, 5) is 0. The second kappa shape index (κ2) is 6.21. The van der Waals surface area contributed by atoms with Gasteiger partial charge in [-0.3, -0.25) is 0 Å². The zero-order valence-electron chi connectivity index (χ0n) is 12.5. The highest BCUT2D eigenvalue weighted by Gasteiger charge is 2.22. The van der Waals surface area contributed by atoms with Gasteiger partial charge in [-0.1, -0.05) is 70.2 Å². The van der Waals surface area contributed by atoms with E-state index >= 15 is 0 Å². The molecule has 2 atom stereocenters. The minimum Gasteiger partial charge on any atom is -0.310 e. The van der Waals surface area contributed by atoms with Crippen LogP contribution in [0, 0.1) is 11.8 Å². The van der Waals surface area contributed by atoms with E-state index in [0.717, 1.165) is 6.54 Å². The Bertz CT molecular complexity index is 525. The number of hydrogen-bond donors (Lipinski definition) is 1. The number of nitrogens with one attached hydrogen (secondary N) is 1. The molecule has 1 heteroatoms. The Morgan fingerprint density at radius 1 is 0.947 bits per heavy atom. The normalized spacial score (nSPS) is 14.8. The average molecular weight is 255 g/mol. The molecule has 0 aliphatic heterocycles. The molecule has 0 fully saturated rings. The van der Waals surface area contributed by atoms with Crippen LogP contribution in [0.25, 0.3) is 10.8 Å². The van der Waals surface area contributed by atoms with Gasteiger partial charge in [-0.15, -0.1) is 0 Å². The maximum Gasteiger partial charge on any atom is 0.0354 e. The van der Waals surface area contributed by atoms with Crippen LogP contribution in [0.5, 0.6) is 0 Å². The topological polar surface area (TPSA) is 12.0 Å². The molecule has 19 heavy (non-hydrogen) atoms. The van der Waals surface area contributed by atoms with E-state index in [9.17, 15) is 0 Å². The first-order valence-electron chi connectivity index (χ1n) is 7.36. The minimum atomic E-state index is 0.427. The maximum atomic E-state index is 3.67. The first-order valence-corrected chi connectivity index (χ1v) is 7.36. The summed E-state index contributed by atoms with van der Waals surface area (Å²) in [6.07, 6.45) is 0. The molecule has 2 unspecified atom stereocenters. The van der Waals surface area contributed by atoms with E-state index in [1.165, 1.54) is 16.3 Å². The van der Waals surface area contributed by atoms with Gasteiger partial charge >= 0.3 is 0 Å². The van der Waals surface area contributed by atoms with Crippen molar-refractivity contribution in [3.8, 4) is 0 Å². The van der Waals surface area contributed by atoms with Gasteiger partial charge in [-0.05, 0) is 34.7 Å². The SMILES string of the molecule is CCNC(c1cccc2ccccc12)C(C)C(C)C. The van der Waals surface area contributed by atoms with Crippen LogP contribution in [-0.2, 0) is 0 Å². The quantitative estimate of drug-likeness (QED) is 0.810. The van der Waals surface area contributed by atoms with Gasteiger partial charge in [0.15, 0.2) is 0 Å². The molecule has 2 aromatic carbocycles. The van der Waals surface area contributed by atoms with Crippen molar-refractivity contribution in [3.05, 3.63) is 48.0 Å². The highest BCUT2D eigenvalue weighted by atomic mass is 14.9. The van der Waals surface area contributed by atoms with Crippen molar-refractivity contribution in [2.24, 2.45) is 11.8 Å². The third kappa shape index (κ3) is 2.98. The Labute approximate surface area is 117 Å². The third-order valence-electron chi connectivity index (χ3n) is 4.16. The molecule has 2 aromatic rings. The van der Waals surface area contributed by atoms with Crippen LogP contribution in [0.3, 0.4) is 0 Å². The smallest absolute Gasteiger partial charge is 0.0354 e. The van der Waals surface area contributed by atoms with E-state index in [-0.39, 0.29) is 0 Å². The lowest BCUT2D eigenvalue weighted by Crippen LogP contribution is -2.29. The summed E-state index contributed by atoms with van der Waals surface area (Å²) >= 11 is 0. The molecule has 0 saturated heterocycles. The third-order valence-corrected chi connectivity index (χ3v) is 4.16. The van der Waals surface area contributed by atoms with Gasteiger partial charge in [0.2, 0.25) is 0 Å². The predicted octanol–water partition coefficient (Wildman–Crippen LogP) is 4.78. The Kier molecular flexibility index (Phi) is 4.60. The van der Waals surface area contributed by atoms with E-state index < -0.39 is 0 Å². The highest BCUT2D eigenvalue weighted by Crippen LogP contribution is 2.32. The van der Waals surface area contributed by atoms with E-state index in [2.05, 4.69) is 75.5 Å². The van der Waals surface area contributed by atoms with Crippen molar-refractivity contribution in [3.63, 3.8) is 0 Å². The van der Waals surface area contributed by atoms with Crippen molar-refractivity contribution >= 4 is 10.8 Å². The molecule has 102 valence electrons. The molecular weight excluding hydrogens is 230 g/mol. The average Bonchev–Trinajstić information content (AvgIpc) is 2.43. The van der Waals surface area contributed by atoms with Crippen LogP contribution in [0.4, 0.5) is 0 Å². The molecule has 0 aromatic heterocycles. The Balaban J connectivity index is 2.49. The van der Waals surface area contributed by atoms with Crippen molar-refractivity contribution in [2.45, 2.75) is 33.7 Å². The summed E-state index contributed by atoms with van der Waals surface area (Å²) in [5.74, 6) is 1.29. The molecule has 0 spiro atoms. The fraction of sp³-hybridized carbons (Fsp3) is 0.444. The maximum absolute atomic E-state index is 3.67. The summed E-state index contributed by atoms with van der Waals surface area (Å²) in [5, 5.41) is 6.38. The first-order chi connectivity index (χ1) is 9.15. The summed E-state index contributed by atoms with van der Waals surface area (Å²) in [5.41, 5.74) is 1.43.